The average molecular weight is 383 g/mol. The number of rotatable bonds is 8. The van der Waals surface area contributed by atoms with Crippen molar-refractivity contribution in [3.05, 3.63) is 54.1 Å². The van der Waals surface area contributed by atoms with Gasteiger partial charge in [0, 0.05) is 25.2 Å². The molecule has 5 heteroatoms. The van der Waals surface area contributed by atoms with Gasteiger partial charge in [-0.15, -0.1) is 0 Å². The zero-order valence-electron chi connectivity index (χ0n) is 16.8. The van der Waals surface area contributed by atoms with Gasteiger partial charge in [0.2, 0.25) is 5.91 Å². The van der Waals surface area contributed by atoms with Crippen molar-refractivity contribution in [1.82, 2.24) is 4.90 Å². The Balaban J connectivity index is 1.40. The number of methoxy groups -OCH3 is 1. The second-order valence-corrected chi connectivity index (χ2v) is 7.28. The molecule has 1 amide bonds. The van der Waals surface area contributed by atoms with E-state index in [1.165, 1.54) is 25.3 Å². The Kier molecular flexibility index (Phi) is 7.31. The first kappa shape index (κ1) is 20.2. The zero-order chi connectivity index (χ0) is 19.8. The molecule has 3 rings (SSSR count). The zero-order valence-corrected chi connectivity index (χ0v) is 16.8. The van der Waals surface area contributed by atoms with Gasteiger partial charge in [0.05, 0.1) is 13.7 Å². The summed E-state index contributed by atoms with van der Waals surface area (Å²) in [7, 11) is 1.61. The SMILES string of the molecule is COc1cc(NC(C)=O)ccc1OCCCN1CCC(c2ccccc2)CC1. The molecule has 2 aromatic carbocycles. The molecule has 0 aliphatic carbocycles. The summed E-state index contributed by atoms with van der Waals surface area (Å²) in [5, 5.41) is 2.75. The Bertz CT molecular complexity index is 756. The first-order valence-corrected chi connectivity index (χ1v) is 10.0. The van der Waals surface area contributed by atoms with E-state index in [-0.39, 0.29) is 5.91 Å². The molecule has 0 atom stereocenters. The highest BCUT2D eigenvalue weighted by atomic mass is 16.5. The summed E-state index contributed by atoms with van der Waals surface area (Å²) in [6, 6.07) is 16.3. The van der Waals surface area contributed by atoms with Crippen LogP contribution < -0.4 is 14.8 Å². The van der Waals surface area contributed by atoms with Crippen LogP contribution in [-0.4, -0.2) is 44.2 Å². The highest BCUT2D eigenvalue weighted by Crippen LogP contribution is 2.31. The Morgan fingerprint density at radius 3 is 2.54 bits per heavy atom. The summed E-state index contributed by atoms with van der Waals surface area (Å²) in [6.45, 7) is 5.48. The predicted octanol–water partition coefficient (Wildman–Crippen LogP) is 4.30. The van der Waals surface area contributed by atoms with Gasteiger partial charge in [-0.2, -0.15) is 0 Å². The lowest BCUT2D eigenvalue weighted by molar-refractivity contribution is -0.114. The van der Waals surface area contributed by atoms with Crippen LogP contribution in [0, 0.1) is 0 Å². The first-order valence-electron chi connectivity index (χ1n) is 10.0. The minimum Gasteiger partial charge on any atom is -0.493 e. The van der Waals surface area contributed by atoms with Crippen LogP contribution in [-0.2, 0) is 4.79 Å². The van der Waals surface area contributed by atoms with Gasteiger partial charge in [0.1, 0.15) is 0 Å². The van der Waals surface area contributed by atoms with Crippen LogP contribution in [0.2, 0.25) is 0 Å². The Labute approximate surface area is 167 Å². The summed E-state index contributed by atoms with van der Waals surface area (Å²) >= 11 is 0. The molecular formula is C23H30N2O3. The summed E-state index contributed by atoms with van der Waals surface area (Å²) in [6.07, 6.45) is 3.43. The van der Waals surface area contributed by atoms with Gasteiger partial charge in [-0.1, -0.05) is 30.3 Å². The Morgan fingerprint density at radius 1 is 1.11 bits per heavy atom. The maximum atomic E-state index is 11.2. The molecular weight excluding hydrogens is 352 g/mol. The summed E-state index contributed by atoms with van der Waals surface area (Å²) in [4.78, 5) is 13.7. The molecule has 28 heavy (non-hydrogen) atoms. The van der Waals surface area contributed by atoms with E-state index in [4.69, 9.17) is 9.47 Å². The van der Waals surface area contributed by atoms with Crippen molar-refractivity contribution in [1.29, 1.82) is 0 Å². The van der Waals surface area contributed by atoms with Crippen molar-refractivity contribution in [2.75, 3.05) is 38.7 Å². The van der Waals surface area contributed by atoms with Crippen molar-refractivity contribution in [3.63, 3.8) is 0 Å². The number of benzene rings is 2. The topological polar surface area (TPSA) is 50.8 Å². The molecule has 5 nitrogen and oxygen atoms in total. The Hall–Kier alpha value is -2.53. The smallest absolute Gasteiger partial charge is 0.221 e. The molecule has 1 N–H and O–H groups in total. The third kappa shape index (κ3) is 5.73. The molecule has 1 fully saturated rings. The van der Waals surface area contributed by atoms with E-state index in [2.05, 4.69) is 40.5 Å². The van der Waals surface area contributed by atoms with Gasteiger partial charge in [-0.25, -0.2) is 0 Å². The number of carbonyl (C=O) groups is 1. The fourth-order valence-electron chi connectivity index (χ4n) is 3.75. The van der Waals surface area contributed by atoms with Crippen LogP contribution in [0.3, 0.4) is 0 Å². The highest BCUT2D eigenvalue weighted by molar-refractivity contribution is 5.89. The van der Waals surface area contributed by atoms with E-state index in [9.17, 15) is 4.79 Å². The average Bonchev–Trinajstić information content (AvgIpc) is 2.72. The predicted molar refractivity (Wildman–Crippen MR) is 112 cm³/mol. The summed E-state index contributed by atoms with van der Waals surface area (Å²) in [5.74, 6) is 1.93. The molecule has 1 saturated heterocycles. The van der Waals surface area contributed by atoms with Crippen molar-refractivity contribution in [2.45, 2.75) is 32.1 Å². The van der Waals surface area contributed by atoms with Gasteiger partial charge in [0.25, 0.3) is 0 Å². The first-order chi connectivity index (χ1) is 13.7. The molecule has 0 bridgehead atoms. The minimum atomic E-state index is -0.105. The quantitative estimate of drug-likeness (QED) is 0.692. The van der Waals surface area contributed by atoms with Crippen molar-refractivity contribution >= 4 is 11.6 Å². The molecule has 2 aromatic rings. The van der Waals surface area contributed by atoms with Crippen molar-refractivity contribution in [2.24, 2.45) is 0 Å². The molecule has 0 saturated carbocycles. The second-order valence-electron chi connectivity index (χ2n) is 7.28. The number of ether oxygens (including phenoxy) is 2. The lowest BCUT2D eigenvalue weighted by atomic mass is 9.89. The molecule has 150 valence electrons. The number of piperidine rings is 1. The number of amides is 1. The molecule has 1 aliphatic rings. The number of anilines is 1. The van der Waals surface area contributed by atoms with Gasteiger partial charge in [0.15, 0.2) is 11.5 Å². The Morgan fingerprint density at radius 2 is 1.86 bits per heavy atom. The summed E-state index contributed by atoms with van der Waals surface area (Å²) in [5.41, 5.74) is 2.18. The van der Waals surface area contributed by atoms with E-state index in [0.29, 0.717) is 29.7 Å². The van der Waals surface area contributed by atoms with Gasteiger partial charge in [-0.3, -0.25) is 4.79 Å². The highest BCUT2D eigenvalue weighted by Gasteiger charge is 2.20. The van der Waals surface area contributed by atoms with Crippen LogP contribution in [0.15, 0.2) is 48.5 Å². The number of nitrogens with zero attached hydrogens (tertiary/aromatic N) is 1. The largest absolute Gasteiger partial charge is 0.493 e. The van der Waals surface area contributed by atoms with E-state index < -0.39 is 0 Å². The lowest BCUT2D eigenvalue weighted by Gasteiger charge is -2.32. The minimum absolute atomic E-state index is 0.105. The molecule has 0 unspecified atom stereocenters. The van der Waals surface area contributed by atoms with Crippen LogP contribution in [0.5, 0.6) is 11.5 Å². The third-order valence-electron chi connectivity index (χ3n) is 5.22. The fourth-order valence-corrected chi connectivity index (χ4v) is 3.75. The number of likely N-dealkylation sites (tertiary alicyclic amines) is 1. The normalized spacial score (nSPS) is 15.2. The van der Waals surface area contributed by atoms with Crippen LogP contribution >= 0.6 is 0 Å². The molecule has 0 spiro atoms. The monoisotopic (exact) mass is 382 g/mol. The maximum Gasteiger partial charge on any atom is 0.221 e. The number of carbonyl (C=O) groups excluding carboxylic acids is 1. The molecule has 0 radical (unpaired) electrons. The van der Waals surface area contributed by atoms with E-state index in [0.717, 1.165) is 26.1 Å². The van der Waals surface area contributed by atoms with Crippen molar-refractivity contribution < 1.29 is 14.3 Å². The number of hydrogen-bond acceptors (Lipinski definition) is 4. The second kappa shape index (κ2) is 10.1. The maximum absolute atomic E-state index is 11.2. The van der Waals surface area contributed by atoms with Gasteiger partial charge in [-0.05, 0) is 56.0 Å². The van der Waals surface area contributed by atoms with E-state index in [1.54, 1.807) is 13.2 Å². The number of nitrogens with one attached hydrogen (secondary N) is 1. The molecule has 0 aromatic heterocycles. The van der Waals surface area contributed by atoms with Gasteiger partial charge >= 0.3 is 0 Å². The van der Waals surface area contributed by atoms with Crippen LogP contribution in [0.4, 0.5) is 5.69 Å². The van der Waals surface area contributed by atoms with Gasteiger partial charge < -0.3 is 19.7 Å². The van der Waals surface area contributed by atoms with E-state index >= 15 is 0 Å². The fraction of sp³-hybridized carbons (Fsp3) is 0.435. The van der Waals surface area contributed by atoms with Crippen molar-refractivity contribution in [3.8, 4) is 11.5 Å². The lowest BCUT2D eigenvalue weighted by Crippen LogP contribution is -2.34. The molecule has 1 aliphatic heterocycles. The van der Waals surface area contributed by atoms with E-state index in [1.807, 2.05) is 12.1 Å². The number of hydrogen-bond donors (Lipinski definition) is 1. The van der Waals surface area contributed by atoms with Crippen LogP contribution in [0.25, 0.3) is 0 Å². The summed E-state index contributed by atoms with van der Waals surface area (Å²) < 4.78 is 11.3. The molecule has 1 heterocycles. The third-order valence-corrected chi connectivity index (χ3v) is 5.22. The van der Waals surface area contributed by atoms with Crippen LogP contribution in [0.1, 0.15) is 37.7 Å². The standard InChI is InChI=1S/C23H30N2O3/c1-18(26)24-21-9-10-22(23(17-21)27-2)28-16-6-13-25-14-11-20(12-15-25)19-7-4-3-5-8-19/h3-5,7-10,17,20H,6,11-16H2,1-2H3,(H,24,26).